The maximum Gasteiger partial charge on any atom is 0.115 e. The lowest BCUT2D eigenvalue weighted by Crippen LogP contribution is -2.12. The van der Waals surface area contributed by atoms with Crippen molar-refractivity contribution in [3.05, 3.63) is 66.0 Å². The highest BCUT2D eigenvalue weighted by Crippen LogP contribution is 2.22. The third kappa shape index (κ3) is 3.02. The number of rotatable bonds is 5. The minimum atomic E-state index is 0.277. The summed E-state index contributed by atoms with van der Waals surface area (Å²) < 4.78 is 4.06. The summed E-state index contributed by atoms with van der Waals surface area (Å²) in [4.78, 5) is 4.53. The summed E-state index contributed by atoms with van der Waals surface area (Å²) in [6, 6.07) is 10.5. The average Bonchev–Trinajstić information content (AvgIpc) is 3.14. The van der Waals surface area contributed by atoms with Gasteiger partial charge in [-0.05, 0) is 12.5 Å². The summed E-state index contributed by atoms with van der Waals surface area (Å²) in [5.74, 6) is 1.36. The molecular formula is C16H19N5. The number of imidazole rings is 1. The molecule has 0 saturated carbocycles. The average molecular weight is 281 g/mol. The number of aromatic nitrogens is 5. The molecule has 1 atom stereocenters. The highest BCUT2D eigenvalue weighted by Gasteiger charge is 2.13. The van der Waals surface area contributed by atoms with Crippen molar-refractivity contribution >= 4 is 0 Å². The first-order chi connectivity index (χ1) is 10.2. The van der Waals surface area contributed by atoms with Gasteiger partial charge in [0, 0.05) is 31.1 Å². The fraction of sp³-hybridized carbons (Fsp3) is 0.312. The van der Waals surface area contributed by atoms with Crippen molar-refractivity contribution in [2.24, 2.45) is 0 Å². The van der Waals surface area contributed by atoms with Gasteiger partial charge in [0.05, 0.1) is 12.2 Å². The lowest BCUT2D eigenvalue weighted by Gasteiger charge is -2.14. The Hall–Kier alpha value is -2.43. The summed E-state index contributed by atoms with van der Waals surface area (Å²) in [5.41, 5.74) is 2.22. The van der Waals surface area contributed by atoms with E-state index in [0.717, 1.165) is 24.6 Å². The molecule has 0 unspecified atom stereocenters. The number of hydrogen-bond donors (Lipinski definition) is 0. The molecule has 3 aromatic rings. The van der Waals surface area contributed by atoms with Gasteiger partial charge in [-0.2, -0.15) is 0 Å². The van der Waals surface area contributed by atoms with Gasteiger partial charge >= 0.3 is 0 Å². The molecule has 0 bridgehead atoms. The van der Waals surface area contributed by atoms with Crippen LogP contribution in [-0.4, -0.2) is 24.5 Å². The molecule has 0 saturated heterocycles. The first-order valence-corrected chi connectivity index (χ1v) is 7.17. The molecule has 3 rings (SSSR count). The zero-order valence-electron chi connectivity index (χ0n) is 12.3. The predicted octanol–water partition coefficient (Wildman–Crippen LogP) is 2.64. The van der Waals surface area contributed by atoms with E-state index in [1.807, 2.05) is 36.3 Å². The van der Waals surface area contributed by atoms with Crippen LogP contribution in [0.5, 0.6) is 0 Å². The third-order valence-electron chi connectivity index (χ3n) is 3.66. The van der Waals surface area contributed by atoms with Crippen molar-refractivity contribution in [3.8, 4) is 0 Å². The van der Waals surface area contributed by atoms with Gasteiger partial charge in [-0.1, -0.05) is 42.5 Å². The number of aryl methyl sites for hydroxylation is 3. The van der Waals surface area contributed by atoms with Gasteiger partial charge in [-0.25, -0.2) is 4.98 Å². The van der Waals surface area contributed by atoms with Crippen molar-refractivity contribution in [1.29, 1.82) is 0 Å². The summed E-state index contributed by atoms with van der Waals surface area (Å²) in [6.07, 6.45) is 5.84. The molecular weight excluding hydrogens is 262 g/mol. The van der Waals surface area contributed by atoms with Crippen LogP contribution in [0.1, 0.15) is 29.9 Å². The minimum absolute atomic E-state index is 0.277. The molecule has 2 aromatic heterocycles. The van der Waals surface area contributed by atoms with Crippen molar-refractivity contribution in [2.45, 2.75) is 32.9 Å². The van der Waals surface area contributed by atoms with Crippen LogP contribution in [0.3, 0.4) is 0 Å². The highest BCUT2D eigenvalue weighted by molar-refractivity contribution is 5.24. The summed E-state index contributed by atoms with van der Waals surface area (Å²) in [7, 11) is 0. The Labute approximate surface area is 124 Å². The van der Waals surface area contributed by atoms with Crippen molar-refractivity contribution in [1.82, 2.24) is 24.5 Å². The fourth-order valence-corrected chi connectivity index (χ4v) is 2.50. The van der Waals surface area contributed by atoms with Crippen LogP contribution in [0.4, 0.5) is 0 Å². The molecule has 1 aromatic carbocycles. The Morgan fingerprint density at radius 3 is 2.67 bits per heavy atom. The van der Waals surface area contributed by atoms with Gasteiger partial charge in [0.2, 0.25) is 0 Å². The van der Waals surface area contributed by atoms with Crippen LogP contribution in [0.2, 0.25) is 0 Å². The Morgan fingerprint density at radius 2 is 1.95 bits per heavy atom. The molecule has 0 N–H and O–H groups in total. The molecule has 21 heavy (non-hydrogen) atoms. The monoisotopic (exact) mass is 281 g/mol. The quantitative estimate of drug-likeness (QED) is 0.722. The Bertz CT molecular complexity index is 698. The lowest BCUT2D eigenvalue weighted by atomic mass is 10.0. The second-order valence-corrected chi connectivity index (χ2v) is 5.23. The molecule has 2 heterocycles. The third-order valence-corrected chi connectivity index (χ3v) is 3.66. The minimum Gasteiger partial charge on any atom is -0.333 e. The van der Waals surface area contributed by atoms with Crippen LogP contribution in [0, 0.1) is 6.92 Å². The summed E-state index contributed by atoms with van der Waals surface area (Å²) >= 11 is 0. The molecule has 0 spiro atoms. The molecule has 0 aliphatic heterocycles. The summed E-state index contributed by atoms with van der Waals surface area (Å²) in [5, 5.41) is 8.09. The van der Waals surface area contributed by atoms with Gasteiger partial charge in [-0.3, -0.25) is 4.68 Å². The number of nitrogens with zero attached hydrogens (tertiary/aromatic N) is 5. The maximum absolute atomic E-state index is 4.53. The Balaban J connectivity index is 1.74. The van der Waals surface area contributed by atoms with Gasteiger partial charge in [-0.15, -0.1) is 5.10 Å². The predicted molar refractivity (Wildman–Crippen MR) is 80.9 cm³/mol. The zero-order chi connectivity index (χ0) is 14.7. The molecule has 5 nitrogen and oxygen atoms in total. The van der Waals surface area contributed by atoms with E-state index in [1.54, 1.807) is 0 Å². The van der Waals surface area contributed by atoms with Gasteiger partial charge in [0.15, 0.2) is 0 Å². The van der Waals surface area contributed by atoms with E-state index in [9.17, 15) is 0 Å². The second kappa shape index (κ2) is 5.91. The molecule has 108 valence electrons. The molecule has 0 aliphatic rings. The Morgan fingerprint density at radius 1 is 1.14 bits per heavy atom. The van der Waals surface area contributed by atoms with Crippen LogP contribution < -0.4 is 0 Å². The van der Waals surface area contributed by atoms with Crippen LogP contribution in [0.25, 0.3) is 0 Å². The fourth-order valence-electron chi connectivity index (χ4n) is 2.50. The SMILES string of the molecule is Cc1cn(CCn2ccnc2[C@@H](C)c2ccccc2)nn1. The van der Waals surface area contributed by atoms with Crippen LogP contribution in [0.15, 0.2) is 48.9 Å². The van der Waals surface area contributed by atoms with E-state index < -0.39 is 0 Å². The van der Waals surface area contributed by atoms with Crippen molar-refractivity contribution in [3.63, 3.8) is 0 Å². The highest BCUT2D eigenvalue weighted by atomic mass is 15.4. The molecule has 0 fully saturated rings. The lowest BCUT2D eigenvalue weighted by molar-refractivity contribution is 0.504. The number of benzene rings is 1. The maximum atomic E-state index is 4.53. The van der Waals surface area contributed by atoms with E-state index in [2.05, 4.69) is 51.1 Å². The van der Waals surface area contributed by atoms with E-state index in [1.165, 1.54) is 5.56 Å². The first kappa shape index (κ1) is 13.5. The molecule has 0 amide bonds. The van der Waals surface area contributed by atoms with Gasteiger partial charge in [0.25, 0.3) is 0 Å². The standard InChI is InChI=1S/C16H19N5/c1-13-12-21(19-18-13)11-10-20-9-8-17-16(20)14(2)15-6-4-3-5-7-15/h3-9,12,14H,10-11H2,1-2H3/t14-/m0/s1. The molecule has 5 heteroatoms. The summed E-state index contributed by atoms with van der Waals surface area (Å²) in [6.45, 7) is 5.78. The second-order valence-electron chi connectivity index (χ2n) is 5.23. The van der Waals surface area contributed by atoms with E-state index in [0.29, 0.717) is 0 Å². The molecule has 0 aliphatic carbocycles. The Kier molecular flexibility index (Phi) is 3.81. The van der Waals surface area contributed by atoms with Crippen molar-refractivity contribution < 1.29 is 0 Å². The van der Waals surface area contributed by atoms with Crippen LogP contribution >= 0.6 is 0 Å². The van der Waals surface area contributed by atoms with E-state index >= 15 is 0 Å². The van der Waals surface area contributed by atoms with Gasteiger partial charge < -0.3 is 4.57 Å². The van der Waals surface area contributed by atoms with E-state index in [4.69, 9.17) is 0 Å². The smallest absolute Gasteiger partial charge is 0.115 e. The molecule has 0 radical (unpaired) electrons. The topological polar surface area (TPSA) is 48.5 Å². The van der Waals surface area contributed by atoms with Crippen molar-refractivity contribution in [2.75, 3.05) is 0 Å². The largest absolute Gasteiger partial charge is 0.333 e. The number of hydrogen-bond acceptors (Lipinski definition) is 3. The zero-order valence-corrected chi connectivity index (χ0v) is 12.3. The van der Waals surface area contributed by atoms with Crippen LogP contribution in [-0.2, 0) is 13.1 Å². The van der Waals surface area contributed by atoms with E-state index in [-0.39, 0.29) is 5.92 Å². The van der Waals surface area contributed by atoms with Gasteiger partial charge in [0.1, 0.15) is 5.82 Å². The normalized spacial score (nSPS) is 12.5. The first-order valence-electron chi connectivity index (χ1n) is 7.17.